The van der Waals surface area contributed by atoms with Gasteiger partial charge in [0.15, 0.2) is 0 Å². The summed E-state index contributed by atoms with van der Waals surface area (Å²) in [5, 5.41) is 18.4. The fourth-order valence-electron chi connectivity index (χ4n) is 7.46. The van der Waals surface area contributed by atoms with Gasteiger partial charge in [0, 0.05) is 68.0 Å². The van der Waals surface area contributed by atoms with Gasteiger partial charge in [-0.15, -0.1) is 0 Å². The fourth-order valence-corrected chi connectivity index (χ4v) is 7.46. The number of rotatable bonds is 7. The molecule has 0 radical (unpaired) electrons. The number of aromatic nitrogens is 4. The van der Waals surface area contributed by atoms with Crippen molar-refractivity contribution < 1.29 is 14.6 Å². The molecule has 3 N–H and O–H groups in total. The largest absolute Gasteiger partial charge is 0.480 e. The topological polar surface area (TPSA) is 121 Å². The van der Waals surface area contributed by atoms with Crippen LogP contribution in [0.5, 0.6) is 5.88 Å². The number of carbonyl (C=O) groups is 1. The van der Waals surface area contributed by atoms with Gasteiger partial charge < -0.3 is 29.9 Å². The lowest BCUT2D eigenvalue weighted by atomic mass is 9.89. The van der Waals surface area contributed by atoms with Crippen LogP contribution in [0.3, 0.4) is 0 Å². The van der Waals surface area contributed by atoms with Gasteiger partial charge in [-0.05, 0) is 80.5 Å². The summed E-state index contributed by atoms with van der Waals surface area (Å²) in [6.45, 7) is 14.2. The first-order valence-corrected chi connectivity index (χ1v) is 16.4. The van der Waals surface area contributed by atoms with Crippen molar-refractivity contribution in [3.05, 3.63) is 71.4 Å². The first kappa shape index (κ1) is 31.1. The van der Waals surface area contributed by atoms with Crippen LogP contribution < -0.4 is 25.2 Å². The van der Waals surface area contributed by atoms with Gasteiger partial charge in [0.1, 0.15) is 23.0 Å². The molecule has 2 aliphatic heterocycles. The highest BCUT2D eigenvalue weighted by atomic mass is 16.5. The fraction of sp³-hybridized carbons (Fsp3) is 0.444. The summed E-state index contributed by atoms with van der Waals surface area (Å²) in [5.74, 6) is 1.43. The highest BCUT2D eigenvalue weighted by Crippen LogP contribution is 2.42. The second-order valence-electron chi connectivity index (χ2n) is 14.3. The first-order valence-electron chi connectivity index (χ1n) is 16.4. The molecule has 11 nitrogen and oxygen atoms in total. The number of carbonyl (C=O) groups excluding carboxylic acids is 1. The summed E-state index contributed by atoms with van der Waals surface area (Å²) in [7, 11) is 1.58. The van der Waals surface area contributed by atoms with Gasteiger partial charge in [-0.3, -0.25) is 9.69 Å². The van der Waals surface area contributed by atoms with E-state index < -0.39 is 5.60 Å². The smallest absolute Gasteiger partial charge is 0.276 e. The molecule has 0 unspecified atom stereocenters. The lowest BCUT2D eigenvalue weighted by Gasteiger charge is -2.35. The van der Waals surface area contributed by atoms with Crippen LogP contribution in [0.1, 0.15) is 61.9 Å². The molecule has 47 heavy (non-hydrogen) atoms. The first-order chi connectivity index (χ1) is 22.4. The number of pyridine rings is 3. The summed E-state index contributed by atoms with van der Waals surface area (Å²) in [6, 6.07) is 10.3. The predicted molar refractivity (Wildman–Crippen MR) is 184 cm³/mol. The van der Waals surface area contributed by atoms with Gasteiger partial charge in [-0.1, -0.05) is 13.8 Å². The molecule has 3 aliphatic rings. The molecule has 4 aromatic rings. The van der Waals surface area contributed by atoms with Crippen LogP contribution in [0, 0.1) is 5.41 Å². The van der Waals surface area contributed by atoms with E-state index in [0.29, 0.717) is 53.6 Å². The number of ether oxygens (including phenoxy) is 1. The van der Waals surface area contributed by atoms with E-state index in [1.165, 1.54) is 11.3 Å². The molecule has 1 saturated heterocycles. The molecule has 1 aliphatic carbocycles. The van der Waals surface area contributed by atoms with Gasteiger partial charge in [-0.25, -0.2) is 15.0 Å². The highest BCUT2D eigenvalue weighted by molar-refractivity contribution is 6.06. The van der Waals surface area contributed by atoms with E-state index in [1.54, 1.807) is 38.3 Å². The Balaban J connectivity index is 1.21. The lowest BCUT2D eigenvalue weighted by molar-refractivity contribution is 0.0789. The van der Waals surface area contributed by atoms with E-state index in [-0.39, 0.29) is 11.3 Å². The maximum absolute atomic E-state index is 14.0. The van der Waals surface area contributed by atoms with Crippen molar-refractivity contribution in [3.8, 4) is 17.0 Å². The molecule has 246 valence electrons. The zero-order valence-corrected chi connectivity index (χ0v) is 28.1. The summed E-state index contributed by atoms with van der Waals surface area (Å²) in [4.78, 5) is 32.1. The van der Waals surface area contributed by atoms with E-state index in [2.05, 4.69) is 58.0 Å². The Morgan fingerprint density at radius 3 is 2.62 bits per heavy atom. The number of methoxy groups -OCH3 is 1. The van der Waals surface area contributed by atoms with Crippen molar-refractivity contribution in [2.75, 3.05) is 48.4 Å². The van der Waals surface area contributed by atoms with E-state index >= 15 is 0 Å². The SMILES string of the molecule is COc1ncc(-c2ccnc(N3CCn4c(cc5c4CC(C)(C)C5)C3=O)c2C(C)(C)O)cc1Nc1ccc(N2CCNC[C@@H]2C)cn1. The molecule has 6 heterocycles. The van der Waals surface area contributed by atoms with Crippen molar-refractivity contribution in [1.29, 1.82) is 0 Å². The molecule has 1 amide bonds. The van der Waals surface area contributed by atoms with E-state index in [9.17, 15) is 9.90 Å². The van der Waals surface area contributed by atoms with Gasteiger partial charge in [-0.2, -0.15) is 0 Å². The second-order valence-corrected chi connectivity index (χ2v) is 14.3. The monoisotopic (exact) mass is 636 g/mol. The van der Waals surface area contributed by atoms with Crippen molar-refractivity contribution in [2.24, 2.45) is 5.41 Å². The van der Waals surface area contributed by atoms with Crippen LogP contribution in [0.25, 0.3) is 11.1 Å². The molecular weight excluding hydrogens is 592 g/mol. The number of nitrogens with one attached hydrogen (secondary N) is 2. The van der Waals surface area contributed by atoms with E-state index in [4.69, 9.17) is 14.7 Å². The van der Waals surface area contributed by atoms with Crippen LogP contribution in [-0.2, 0) is 25.0 Å². The third-order valence-corrected chi connectivity index (χ3v) is 9.62. The Kier molecular flexibility index (Phi) is 7.71. The van der Waals surface area contributed by atoms with Gasteiger partial charge >= 0.3 is 0 Å². The maximum Gasteiger partial charge on any atom is 0.276 e. The van der Waals surface area contributed by atoms with Gasteiger partial charge in [0.2, 0.25) is 5.88 Å². The number of amides is 1. The standard InChI is InChI=1S/C36H44N8O3/c1-22-19-37-11-12-42(22)25-7-8-30(39-21-25)41-27-15-24(20-40-33(27)47-6)26-9-10-38-32(31(26)36(4,5)46)44-14-13-43-28(34(44)45)16-23-17-35(2,3)18-29(23)43/h7-10,15-16,20-22,37,46H,11-14,17-19H2,1-6H3,(H,39,41)/t22-/m0/s1. The molecule has 0 aromatic carbocycles. The normalized spacial score (nSPS) is 19.0. The molecule has 1 atom stereocenters. The zero-order valence-electron chi connectivity index (χ0n) is 28.1. The van der Waals surface area contributed by atoms with Gasteiger partial charge in [0.25, 0.3) is 5.91 Å². The van der Waals surface area contributed by atoms with Crippen molar-refractivity contribution in [1.82, 2.24) is 24.8 Å². The third-order valence-electron chi connectivity index (χ3n) is 9.62. The average Bonchev–Trinajstić information content (AvgIpc) is 3.53. The lowest BCUT2D eigenvalue weighted by Crippen LogP contribution is -2.49. The molecule has 7 rings (SSSR count). The number of piperazine rings is 1. The number of hydrogen-bond acceptors (Lipinski definition) is 9. The Bertz CT molecular complexity index is 1830. The van der Waals surface area contributed by atoms with Crippen LogP contribution in [-0.4, -0.2) is 69.9 Å². The third kappa shape index (κ3) is 5.72. The van der Waals surface area contributed by atoms with Crippen LogP contribution in [0.15, 0.2) is 48.9 Å². The number of aliphatic hydroxyl groups is 1. The molecule has 0 spiro atoms. The van der Waals surface area contributed by atoms with E-state index in [0.717, 1.165) is 49.3 Å². The molecule has 0 bridgehead atoms. The Labute approximate surface area is 276 Å². The number of fused-ring (bicyclic) bond motifs is 3. The van der Waals surface area contributed by atoms with Crippen molar-refractivity contribution in [3.63, 3.8) is 0 Å². The van der Waals surface area contributed by atoms with Gasteiger partial charge in [0.05, 0.1) is 24.6 Å². The number of anilines is 4. The molecule has 11 heteroatoms. The quantitative estimate of drug-likeness (QED) is 0.260. The molecule has 0 saturated carbocycles. The summed E-state index contributed by atoms with van der Waals surface area (Å²) in [5.41, 5.74) is 5.87. The summed E-state index contributed by atoms with van der Waals surface area (Å²) in [6.07, 6.45) is 7.23. The maximum atomic E-state index is 14.0. The zero-order chi connectivity index (χ0) is 33.1. The molecular formula is C36H44N8O3. The number of nitrogens with zero attached hydrogens (tertiary/aromatic N) is 6. The summed E-state index contributed by atoms with van der Waals surface area (Å²) < 4.78 is 7.80. The predicted octanol–water partition coefficient (Wildman–Crippen LogP) is 4.90. The minimum absolute atomic E-state index is 0.0986. The van der Waals surface area contributed by atoms with Crippen LogP contribution in [0.4, 0.5) is 23.0 Å². The minimum atomic E-state index is -1.31. The van der Waals surface area contributed by atoms with Crippen LogP contribution in [0.2, 0.25) is 0 Å². The van der Waals surface area contributed by atoms with Crippen LogP contribution >= 0.6 is 0 Å². The average molecular weight is 637 g/mol. The van der Waals surface area contributed by atoms with E-state index in [1.807, 2.05) is 24.4 Å². The Morgan fingerprint density at radius 2 is 1.89 bits per heavy atom. The molecule has 1 fully saturated rings. The summed E-state index contributed by atoms with van der Waals surface area (Å²) >= 11 is 0. The minimum Gasteiger partial charge on any atom is -0.480 e. The Morgan fingerprint density at radius 1 is 1.06 bits per heavy atom. The molecule has 4 aromatic heterocycles. The van der Waals surface area contributed by atoms with Crippen molar-refractivity contribution in [2.45, 2.75) is 65.6 Å². The Hall–Kier alpha value is -4.48. The second kappa shape index (κ2) is 11.6. The highest BCUT2D eigenvalue weighted by Gasteiger charge is 2.39. The van der Waals surface area contributed by atoms with Crippen molar-refractivity contribution >= 4 is 28.9 Å². The number of hydrogen-bond donors (Lipinski definition) is 3.